The Kier molecular flexibility index (Phi) is 7.34. The number of nitrogens with two attached hydrogens (primary N) is 1. The fourth-order valence-electron chi connectivity index (χ4n) is 1.75. The lowest BCUT2D eigenvalue weighted by Gasteiger charge is -2.19. The first-order chi connectivity index (χ1) is 10.8. The summed E-state index contributed by atoms with van der Waals surface area (Å²) < 4.78 is 10.7. The topological polar surface area (TPSA) is 103 Å². The van der Waals surface area contributed by atoms with Crippen molar-refractivity contribution in [3.8, 4) is 5.75 Å². The molecule has 0 aromatic heterocycles. The first-order valence-corrected chi connectivity index (χ1v) is 7.48. The second-order valence-corrected chi connectivity index (χ2v) is 6.02. The minimum atomic E-state index is -0.503. The molecule has 0 atom stereocenters. The van der Waals surface area contributed by atoms with Crippen LogP contribution in [0.5, 0.6) is 5.75 Å². The van der Waals surface area contributed by atoms with Gasteiger partial charge in [-0.05, 0) is 44.9 Å². The predicted octanol–water partition coefficient (Wildman–Crippen LogP) is 1.51. The Bertz CT molecular complexity index is 526. The number of amides is 2. The molecule has 0 radical (unpaired) electrons. The first-order valence-electron chi connectivity index (χ1n) is 7.48. The van der Waals surface area contributed by atoms with E-state index in [-0.39, 0.29) is 12.3 Å². The Balaban J connectivity index is 2.27. The SMILES string of the molecule is CC(C)(C)OC(=O)NCCCOc1cccc(CC(=O)NN)c1. The van der Waals surface area contributed by atoms with Crippen LogP contribution >= 0.6 is 0 Å². The van der Waals surface area contributed by atoms with E-state index in [0.29, 0.717) is 25.3 Å². The Morgan fingerprint density at radius 2 is 2.00 bits per heavy atom. The molecule has 0 saturated carbocycles. The van der Waals surface area contributed by atoms with E-state index in [1.54, 1.807) is 6.07 Å². The summed E-state index contributed by atoms with van der Waals surface area (Å²) in [4.78, 5) is 22.7. The number of hydrazine groups is 1. The number of hydrogen-bond acceptors (Lipinski definition) is 5. The van der Waals surface area contributed by atoms with E-state index in [4.69, 9.17) is 15.3 Å². The fourth-order valence-corrected chi connectivity index (χ4v) is 1.75. The summed E-state index contributed by atoms with van der Waals surface area (Å²) in [6, 6.07) is 7.24. The number of benzene rings is 1. The van der Waals surface area contributed by atoms with Gasteiger partial charge in [-0.1, -0.05) is 12.1 Å². The Labute approximate surface area is 136 Å². The Hall–Kier alpha value is -2.28. The predicted molar refractivity (Wildman–Crippen MR) is 86.8 cm³/mol. The van der Waals surface area contributed by atoms with Crippen LogP contribution in [-0.2, 0) is 16.0 Å². The van der Waals surface area contributed by atoms with E-state index in [9.17, 15) is 9.59 Å². The minimum Gasteiger partial charge on any atom is -0.494 e. The van der Waals surface area contributed by atoms with Gasteiger partial charge in [-0.2, -0.15) is 0 Å². The second kappa shape index (κ2) is 8.99. The number of nitrogens with one attached hydrogen (secondary N) is 2. The second-order valence-electron chi connectivity index (χ2n) is 6.02. The maximum absolute atomic E-state index is 11.4. The van der Waals surface area contributed by atoms with Crippen LogP contribution in [-0.4, -0.2) is 30.8 Å². The van der Waals surface area contributed by atoms with Crippen molar-refractivity contribution in [2.24, 2.45) is 5.84 Å². The van der Waals surface area contributed by atoms with Gasteiger partial charge in [0, 0.05) is 6.54 Å². The summed E-state index contributed by atoms with van der Waals surface area (Å²) in [5.41, 5.74) is 2.40. The maximum atomic E-state index is 11.4. The molecule has 0 aliphatic heterocycles. The van der Waals surface area contributed by atoms with Crippen LogP contribution in [0.1, 0.15) is 32.8 Å². The van der Waals surface area contributed by atoms with Gasteiger partial charge >= 0.3 is 6.09 Å². The summed E-state index contributed by atoms with van der Waals surface area (Å²) in [5.74, 6) is 5.47. The molecule has 7 heteroatoms. The standard InChI is InChI=1S/C16H25N3O4/c1-16(2,3)23-15(21)18-8-5-9-22-13-7-4-6-12(10-13)11-14(20)19-17/h4,6-7,10H,5,8-9,11,17H2,1-3H3,(H,18,21)(H,19,20). The van der Waals surface area contributed by atoms with Gasteiger partial charge in [0.15, 0.2) is 0 Å². The van der Waals surface area contributed by atoms with Crippen molar-refractivity contribution in [2.75, 3.05) is 13.2 Å². The lowest BCUT2D eigenvalue weighted by Crippen LogP contribution is -2.33. The zero-order valence-electron chi connectivity index (χ0n) is 13.8. The maximum Gasteiger partial charge on any atom is 0.407 e. The highest BCUT2D eigenvalue weighted by Crippen LogP contribution is 2.14. The molecule has 128 valence electrons. The van der Waals surface area contributed by atoms with Crippen molar-refractivity contribution in [2.45, 2.75) is 39.2 Å². The smallest absolute Gasteiger partial charge is 0.407 e. The largest absolute Gasteiger partial charge is 0.494 e. The molecule has 0 heterocycles. The summed E-state index contributed by atoms with van der Waals surface area (Å²) in [6.45, 7) is 6.35. The van der Waals surface area contributed by atoms with Crippen LogP contribution in [0.25, 0.3) is 0 Å². The molecule has 0 fully saturated rings. The Morgan fingerprint density at radius 1 is 1.26 bits per heavy atom. The molecule has 0 aliphatic rings. The highest BCUT2D eigenvalue weighted by atomic mass is 16.6. The molecule has 0 saturated heterocycles. The Morgan fingerprint density at radius 3 is 2.65 bits per heavy atom. The molecule has 0 aliphatic carbocycles. The van der Waals surface area contributed by atoms with Crippen LogP contribution in [0.4, 0.5) is 4.79 Å². The quantitative estimate of drug-likeness (QED) is 0.305. The van der Waals surface area contributed by atoms with Crippen LogP contribution < -0.4 is 21.3 Å². The number of hydrogen-bond donors (Lipinski definition) is 3. The summed E-state index contributed by atoms with van der Waals surface area (Å²) in [5, 5.41) is 2.66. The molecule has 2 amide bonds. The van der Waals surface area contributed by atoms with E-state index >= 15 is 0 Å². The summed E-state index contributed by atoms with van der Waals surface area (Å²) >= 11 is 0. The zero-order chi connectivity index (χ0) is 17.3. The summed E-state index contributed by atoms with van der Waals surface area (Å²) in [6.07, 6.45) is 0.410. The molecule has 23 heavy (non-hydrogen) atoms. The fraction of sp³-hybridized carbons (Fsp3) is 0.500. The molecule has 0 spiro atoms. The average molecular weight is 323 g/mol. The third-order valence-electron chi connectivity index (χ3n) is 2.68. The number of carbonyl (C=O) groups excluding carboxylic acids is 2. The van der Waals surface area contributed by atoms with E-state index in [0.717, 1.165) is 5.56 Å². The van der Waals surface area contributed by atoms with Crippen LogP contribution in [0.3, 0.4) is 0 Å². The van der Waals surface area contributed by atoms with Crippen molar-refractivity contribution in [1.29, 1.82) is 0 Å². The minimum absolute atomic E-state index is 0.202. The average Bonchev–Trinajstić information content (AvgIpc) is 2.45. The zero-order valence-corrected chi connectivity index (χ0v) is 13.8. The third kappa shape index (κ3) is 8.67. The van der Waals surface area contributed by atoms with Gasteiger partial charge in [-0.15, -0.1) is 0 Å². The van der Waals surface area contributed by atoms with Crippen LogP contribution in [0, 0.1) is 0 Å². The number of ether oxygens (including phenoxy) is 2. The molecule has 1 aromatic rings. The molecule has 0 unspecified atom stereocenters. The molecule has 4 N–H and O–H groups in total. The molecular weight excluding hydrogens is 298 g/mol. The van der Waals surface area contributed by atoms with Gasteiger partial charge in [-0.3, -0.25) is 10.2 Å². The molecular formula is C16H25N3O4. The summed E-state index contributed by atoms with van der Waals surface area (Å²) in [7, 11) is 0. The van der Waals surface area contributed by atoms with E-state index in [2.05, 4.69) is 10.7 Å². The van der Waals surface area contributed by atoms with Gasteiger partial charge in [0.25, 0.3) is 0 Å². The first kappa shape index (κ1) is 18.8. The van der Waals surface area contributed by atoms with Gasteiger partial charge in [0.1, 0.15) is 11.4 Å². The van der Waals surface area contributed by atoms with E-state index < -0.39 is 11.7 Å². The lowest BCUT2D eigenvalue weighted by molar-refractivity contribution is -0.120. The highest BCUT2D eigenvalue weighted by Gasteiger charge is 2.15. The monoisotopic (exact) mass is 323 g/mol. The molecule has 1 rings (SSSR count). The van der Waals surface area contributed by atoms with Gasteiger partial charge in [0.2, 0.25) is 5.91 Å². The normalized spacial score (nSPS) is 10.8. The van der Waals surface area contributed by atoms with Crippen LogP contribution in [0.2, 0.25) is 0 Å². The van der Waals surface area contributed by atoms with Crippen LogP contribution in [0.15, 0.2) is 24.3 Å². The molecule has 1 aromatic carbocycles. The van der Waals surface area contributed by atoms with Crippen molar-refractivity contribution in [1.82, 2.24) is 10.7 Å². The molecule has 0 bridgehead atoms. The number of carbonyl (C=O) groups is 2. The number of rotatable bonds is 7. The van der Waals surface area contributed by atoms with Gasteiger partial charge < -0.3 is 14.8 Å². The lowest BCUT2D eigenvalue weighted by atomic mass is 10.1. The third-order valence-corrected chi connectivity index (χ3v) is 2.68. The van der Waals surface area contributed by atoms with Crippen molar-refractivity contribution >= 4 is 12.0 Å². The van der Waals surface area contributed by atoms with Crippen molar-refractivity contribution in [3.05, 3.63) is 29.8 Å². The van der Waals surface area contributed by atoms with Crippen molar-refractivity contribution in [3.63, 3.8) is 0 Å². The van der Waals surface area contributed by atoms with E-state index in [1.807, 2.05) is 39.0 Å². The molecule has 7 nitrogen and oxygen atoms in total. The highest BCUT2D eigenvalue weighted by molar-refractivity contribution is 5.77. The number of alkyl carbamates (subject to hydrolysis) is 1. The van der Waals surface area contributed by atoms with E-state index in [1.165, 1.54) is 0 Å². The van der Waals surface area contributed by atoms with Crippen molar-refractivity contribution < 1.29 is 19.1 Å². The van der Waals surface area contributed by atoms with Gasteiger partial charge in [0.05, 0.1) is 13.0 Å². The van der Waals surface area contributed by atoms with Gasteiger partial charge in [-0.25, -0.2) is 10.6 Å².